The van der Waals surface area contributed by atoms with Crippen LogP contribution in [0.5, 0.6) is 0 Å². The fourth-order valence-electron chi connectivity index (χ4n) is 1.45. The largest absolute Gasteiger partial charge is 0.306 e. The van der Waals surface area contributed by atoms with Crippen molar-refractivity contribution in [3.8, 4) is 0 Å². The van der Waals surface area contributed by atoms with Crippen LogP contribution in [0.2, 0.25) is 5.02 Å². The normalized spacial score (nSPS) is 10.1. The first-order valence-corrected chi connectivity index (χ1v) is 6.52. The van der Waals surface area contributed by atoms with Crippen molar-refractivity contribution in [3.63, 3.8) is 0 Å². The number of nitrogens with zero attached hydrogens (tertiary/aromatic N) is 2. The van der Waals surface area contributed by atoms with E-state index in [1.807, 2.05) is 0 Å². The van der Waals surface area contributed by atoms with E-state index in [0.717, 1.165) is 6.07 Å². The molecule has 8 heteroatoms. The van der Waals surface area contributed by atoms with Gasteiger partial charge in [0.1, 0.15) is 5.82 Å². The van der Waals surface area contributed by atoms with E-state index in [-0.39, 0.29) is 16.3 Å². The van der Waals surface area contributed by atoms with E-state index in [1.54, 1.807) is 12.1 Å². The topological polar surface area (TPSA) is 85.1 Å². The van der Waals surface area contributed by atoms with Crippen molar-refractivity contribution in [2.45, 2.75) is 0 Å². The maximum Gasteiger partial charge on any atom is 0.270 e. The second-order valence-corrected chi connectivity index (χ2v) is 4.97. The van der Waals surface area contributed by atoms with Crippen LogP contribution in [0.1, 0.15) is 10.4 Å². The van der Waals surface area contributed by atoms with Crippen molar-refractivity contribution in [3.05, 3.63) is 61.7 Å². The van der Waals surface area contributed by atoms with Crippen LogP contribution in [0.4, 0.5) is 11.5 Å². The third-order valence-electron chi connectivity index (χ3n) is 2.40. The first kappa shape index (κ1) is 14.4. The average Bonchev–Trinajstić information content (AvgIpc) is 2.41. The van der Waals surface area contributed by atoms with Crippen LogP contribution >= 0.6 is 27.5 Å². The predicted molar refractivity (Wildman–Crippen MR) is 78.0 cm³/mol. The highest BCUT2D eigenvalue weighted by molar-refractivity contribution is 9.10. The van der Waals surface area contributed by atoms with Gasteiger partial charge in [0, 0.05) is 18.3 Å². The molecule has 20 heavy (non-hydrogen) atoms. The molecule has 0 aliphatic carbocycles. The van der Waals surface area contributed by atoms with Gasteiger partial charge in [0.15, 0.2) is 0 Å². The summed E-state index contributed by atoms with van der Waals surface area (Å²) >= 11 is 9.12. The van der Waals surface area contributed by atoms with E-state index in [1.165, 1.54) is 18.3 Å². The molecule has 0 aliphatic heterocycles. The van der Waals surface area contributed by atoms with Crippen molar-refractivity contribution in [1.82, 2.24) is 4.98 Å². The summed E-state index contributed by atoms with van der Waals surface area (Å²) in [5, 5.41) is 13.4. The highest BCUT2D eigenvalue weighted by Gasteiger charge is 2.17. The number of carbonyl (C=O) groups is 1. The summed E-state index contributed by atoms with van der Waals surface area (Å²) in [6.07, 6.45) is 1.51. The number of non-ortho nitro benzene ring substituents is 1. The third kappa shape index (κ3) is 3.12. The molecule has 1 aromatic heterocycles. The molecular weight excluding hydrogens is 350 g/mol. The monoisotopic (exact) mass is 355 g/mol. The number of halogens is 2. The lowest BCUT2D eigenvalue weighted by molar-refractivity contribution is -0.384. The van der Waals surface area contributed by atoms with Gasteiger partial charge < -0.3 is 5.32 Å². The molecule has 0 unspecified atom stereocenters. The Kier molecular flexibility index (Phi) is 4.31. The van der Waals surface area contributed by atoms with E-state index in [2.05, 4.69) is 26.2 Å². The number of nitro groups is 1. The van der Waals surface area contributed by atoms with Crippen LogP contribution in [-0.4, -0.2) is 15.8 Å². The van der Waals surface area contributed by atoms with Crippen molar-refractivity contribution in [1.29, 1.82) is 0 Å². The molecule has 1 amide bonds. The molecule has 0 atom stereocenters. The molecule has 0 spiro atoms. The highest BCUT2D eigenvalue weighted by Crippen LogP contribution is 2.24. The summed E-state index contributed by atoms with van der Waals surface area (Å²) in [4.78, 5) is 26.2. The second-order valence-electron chi connectivity index (χ2n) is 3.71. The zero-order chi connectivity index (χ0) is 14.7. The van der Waals surface area contributed by atoms with Gasteiger partial charge in [0.25, 0.3) is 11.6 Å². The van der Waals surface area contributed by atoms with Gasteiger partial charge >= 0.3 is 0 Å². The summed E-state index contributed by atoms with van der Waals surface area (Å²) in [7, 11) is 0. The van der Waals surface area contributed by atoms with Crippen molar-refractivity contribution in [2.24, 2.45) is 0 Å². The number of carbonyl (C=O) groups excluding carboxylic acids is 1. The van der Waals surface area contributed by atoms with Crippen LogP contribution in [-0.2, 0) is 0 Å². The smallest absolute Gasteiger partial charge is 0.270 e. The highest BCUT2D eigenvalue weighted by atomic mass is 79.9. The van der Waals surface area contributed by atoms with Crippen LogP contribution in [0.15, 0.2) is 41.0 Å². The lowest BCUT2D eigenvalue weighted by Crippen LogP contribution is -2.14. The Hall–Kier alpha value is -1.99. The number of hydrogen-bond acceptors (Lipinski definition) is 4. The standard InChI is InChI=1S/C12H7BrClN3O3/c13-9-2-1-5-15-11(9)16-12(18)8-6-7(17(19)20)3-4-10(8)14/h1-6H,(H,15,16,18). The van der Waals surface area contributed by atoms with Gasteiger partial charge in [-0.15, -0.1) is 0 Å². The molecule has 1 heterocycles. The van der Waals surface area contributed by atoms with Gasteiger partial charge in [0.05, 0.1) is 20.0 Å². The van der Waals surface area contributed by atoms with Crippen LogP contribution in [0, 0.1) is 10.1 Å². The van der Waals surface area contributed by atoms with E-state index in [9.17, 15) is 14.9 Å². The molecule has 1 N–H and O–H groups in total. The lowest BCUT2D eigenvalue weighted by Gasteiger charge is -2.07. The Balaban J connectivity index is 2.32. The van der Waals surface area contributed by atoms with Crippen molar-refractivity contribution >= 4 is 44.9 Å². The van der Waals surface area contributed by atoms with Crippen LogP contribution in [0.3, 0.4) is 0 Å². The molecule has 0 saturated carbocycles. The molecule has 2 aromatic rings. The molecule has 0 aliphatic rings. The first-order valence-electron chi connectivity index (χ1n) is 5.35. The SMILES string of the molecule is O=C(Nc1ncccc1Br)c1cc([N+](=O)[O-])ccc1Cl. The van der Waals surface area contributed by atoms with Crippen LogP contribution < -0.4 is 5.32 Å². The molecule has 1 aromatic carbocycles. The van der Waals surface area contributed by atoms with E-state index < -0.39 is 10.8 Å². The molecular formula is C12H7BrClN3O3. The number of rotatable bonds is 3. The number of nitrogens with one attached hydrogen (secondary N) is 1. The van der Waals surface area contributed by atoms with E-state index >= 15 is 0 Å². The first-order chi connectivity index (χ1) is 9.49. The minimum atomic E-state index is -0.593. The summed E-state index contributed by atoms with van der Waals surface area (Å²) in [6.45, 7) is 0. The predicted octanol–water partition coefficient (Wildman–Crippen LogP) is 3.66. The quantitative estimate of drug-likeness (QED) is 0.672. The van der Waals surface area contributed by atoms with Crippen LogP contribution in [0.25, 0.3) is 0 Å². The molecule has 6 nitrogen and oxygen atoms in total. The number of amides is 1. The maximum atomic E-state index is 12.1. The van der Waals surface area contributed by atoms with Gasteiger partial charge in [-0.3, -0.25) is 14.9 Å². The Morgan fingerprint density at radius 3 is 2.80 bits per heavy atom. The Labute approximate surface area is 127 Å². The van der Waals surface area contributed by atoms with E-state index in [0.29, 0.717) is 10.3 Å². The van der Waals surface area contributed by atoms with Gasteiger partial charge in [-0.05, 0) is 34.1 Å². The summed E-state index contributed by atoms with van der Waals surface area (Å²) in [6, 6.07) is 7.06. The zero-order valence-electron chi connectivity index (χ0n) is 9.84. The van der Waals surface area contributed by atoms with Gasteiger partial charge in [-0.25, -0.2) is 4.98 Å². The van der Waals surface area contributed by atoms with Crippen molar-refractivity contribution in [2.75, 3.05) is 5.32 Å². The molecule has 0 radical (unpaired) electrons. The summed E-state index contributed by atoms with van der Waals surface area (Å²) in [5.74, 6) is -0.266. The molecule has 0 bridgehead atoms. The summed E-state index contributed by atoms with van der Waals surface area (Å²) < 4.78 is 0.593. The molecule has 0 fully saturated rings. The number of anilines is 1. The molecule has 2 rings (SSSR count). The maximum absolute atomic E-state index is 12.1. The van der Waals surface area contributed by atoms with Crippen molar-refractivity contribution < 1.29 is 9.72 Å². The van der Waals surface area contributed by atoms with E-state index in [4.69, 9.17) is 11.6 Å². The van der Waals surface area contributed by atoms with Gasteiger partial charge in [-0.1, -0.05) is 11.6 Å². The number of hydrogen-bond donors (Lipinski definition) is 1. The Bertz CT molecular complexity index is 693. The summed E-state index contributed by atoms with van der Waals surface area (Å²) in [5.41, 5.74) is -0.196. The zero-order valence-corrected chi connectivity index (χ0v) is 12.2. The number of nitro benzene ring substituents is 1. The fourth-order valence-corrected chi connectivity index (χ4v) is 2.01. The minimum Gasteiger partial charge on any atom is -0.306 e. The Morgan fingerprint density at radius 2 is 2.15 bits per heavy atom. The average molecular weight is 357 g/mol. The number of benzene rings is 1. The molecule has 0 saturated heterocycles. The minimum absolute atomic E-state index is 0.0124. The second kappa shape index (κ2) is 5.98. The molecule has 102 valence electrons. The van der Waals surface area contributed by atoms with Gasteiger partial charge in [0.2, 0.25) is 0 Å². The third-order valence-corrected chi connectivity index (χ3v) is 3.37. The number of pyridine rings is 1. The number of aromatic nitrogens is 1. The fraction of sp³-hybridized carbons (Fsp3) is 0. The lowest BCUT2D eigenvalue weighted by atomic mass is 10.2. The van der Waals surface area contributed by atoms with Gasteiger partial charge in [-0.2, -0.15) is 0 Å². The Morgan fingerprint density at radius 1 is 1.40 bits per heavy atom.